The van der Waals surface area contributed by atoms with Gasteiger partial charge in [0.25, 0.3) is 0 Å². The Bertz CT molecular complexity index is 526. The number of terminal acetylenes is 1. The number of pyridine rings is 1. The van der Waals surface area contributed by atoms with Crippen LogP contribution in [0.4, 0.5) is 5.69 Å². The van der Waals surface area contributed by atoms with Crippen LogP contribution >= 0.6 is 0 Å². The fourth-order valence-corrected chi connectivity index (χ4v) is 1.65. The third kappa shape index (κ3) is 2.85. The van der Waals surface area contributed by atoms with Crippen LogP contribution in [0.15, 0.2) is 48.7 Å². The van der Waals surface area contributed by atoms with Crippen LogP contribution in [0.5, 0.6) is 0 Å². The van der Waals surface area contributed by atoms with Gasteiger partial charge in [-0.3, -0.25) is 4.98 Å². The van der Waals surface area contributed by atoms with E-state index in [2.05, 4.69) is 23.1 Å². The molecule has 84 valence electrons. The Morgan fingerprint density at radius 1 is 1.24 bits per heavy atom. The van der Waals surface area contributed by atoms with E-state index in [4.69, 9.17) is 6.42 Å². The van der Waals surface area contributed by atoms with Gasteiger partial charge in [0.05, 0.1) is 11.7 Å². The smallest absolute Gasteiger partial charge is 0.0657 e. The van der Waals surface area contributed by atoms with E-state index in [1.54, 1.807) is 6.20 Å². The molecule has 1 atom stereocenters. The highest BCUT2D eigenvalue weighted by atomic mass is 14.9. The van der Waals surface area contributed by atoms with Crippen molar-refractivity contribution in [2.75, 3.05) is 5.32 Å². The average molecular weight is 222 g/mol. The predicted octanol–water partition coefficient (Wildman–Crippen LogP) is 3.24. The molecule has 2 nitrogen and oxygen atoms in total. The zero-order valence-electron chi connectivity index (χ0n) is 9.72. The summed E-state index contributed by atoms with van der Waals surface area (Å²) in [5.41, 5.74) is 2.90. The molecule has 0 radical (unpaired) electrons. The molecule has 0 aliphatic carbocycles. The van der Waals surface area contributed by atoms with Gasteiger partial charge in [-0.2, -0.15) is 0 Å². The summed E-state index contributed by atoms with van der Waals surface area (Å²) >= 11 is 0. The standard InChI is InChI=1S/C15H14N2/c1-3-13-7-6-8-14(11-13)17-12(2)15-9-4-5-10-16-15/h1,4-12,17H,2H3. The minimum atomic E-state index is 0.157. The molecule has 17 heavy (non-hydrogen) atoms. The minimum Gasteiger partial charge on any atom is -0.377 e. The van der Waals surface area contributed by atoms with Gasteiger partial charge in [-0.05, 0) is 37.3 Å². The summed E-state index contributed by atoms with van der Waals surface area (Å²) in [6, 6.07) is 13.9. The SMILES string of the molecule is C#Cc1cccc(NC(C)c2ccccn2)c1. The van der Waals surface area contributed by atoms with E-state index in [1.807, 2.05) is 42.5 Å². The maximum atomic E-state index is 5.37. The molecular formula is C15H14N2. The molecule has 0 fully saturated rings. The number of benzene rings is 1. The van der Waals surface area contributed by atoms with E-state index in [0.29, 0.717) is 0 Å². The van der Waals surface area contributed by atoms with Crippen LogP contribution in [0.2, 0.25) is 0 Å². The second-order valence-corrected chi connectivity index (χ2v) is 3.85. The van der Waals surface area contributed by atoms with Crippen molar-refractivity contribution >= 4 is 5.69 Å². The van der Waals surface area contributed by atoms with Crippen LogP contribution in [-0.4, -0.2) is 4.98 Å². The number of hydrogen-bond donors (Lipinski definition) is 1. The van der Waals surface area contributed by atoms with Crippen LogP contribution in [0.25, 0.3) is 0 Å². The van der Waals surface area contributed by atoms with Crippen LogP contribution < -0.4 is 5.32 Å². The first-order valence-corrected chi connectivity index (χ1v) is 5.54. The van der Waals surface area contributed by atoms with Crippen LogP contribution in [0.1, 0.15) is 24.2 Å². The topological polar surface area (TPSA) is 24.9 Å². The van der Waals surface area contributed by atoms with Gasteiger partial charge in [0.15, 0.2) is 0 Å². The zero-order valence-corrected chi connectivity index (χ0v) is 9.72. The van der Waals surface area contributed by atoms with E-state index in [0.717, 1.165) is 16.9 Å². The molecule has 0 saturated carbocycles. The van der Waals surface area contributed by atoms with Crippen LogP contribution in [0, 0.1) is 12.3 Å². The van der Waals surface area contributed by atoms with Crippen molar-refractivity contribution < 1.29 is 0 Å². The van der Waals surface area contributed by atoms with E-state index in [1.165, 1.54) is 0 Å². The van der Waals surface area contributed by atoms with Gasteiger partial charge in [-0.25, -0.2) is 0 Å². The molecule has 1 aromatic carbocycles. The van der Waals surface area contributed by atoms with Gasteiger partial charge < -0.3 is 5.32 Å². The lowest BCUT2D eigenvalue weighted by Crippen LogP contribution is -2.08. The second-order valence-electron chi connectivity index (χ2n) is 3.85. The molecule has 2 rings (SSSR count). The molecule has 0 saturated heterocycles. The fourth-order valence-electron chi connectivity index (χ4n) is 1.65. The summed E-state index contributed by atoms with van der Waals surface area (Å²) in [7, 11) is 0. The normalized spacial score (nSPS) is 11.5. The largest absolute Gasteiger partial charge is 0.377 e. The first-order chi connectivity index (χ1) is 8.29. The Kier molecular flexibility index (Phi) is 3.42. The molecule has 1 N–H and O–H groups in total. The third-order valence-corrected chi connectivity index (χ3v) is 2.54. The lowest BCUT2D eigenvalue weighted by molar-refractivity contribution is 0.839. The quantitative estimate of drug-likeness (QED) is 0.806. The molecule has 1 heterocycles. The highest BCUT2D eigenvalue weighted by Crippen LogP contribution is 2.17. The second kappa shape index (κ2) is 5.18. The van der Waals surface area contributed by atoms with E-state index in [9.17, 15) is 0 Å². The van der Waals surface area contributed by atoms with Crippen molar-refractivity contribution in [1.82, 2.24) is 4.98 Å². The highest BCUT2D eigenvalue weighted by molar-refractivity contribution is 5.50. The minimum absolute atomic E-state index is 0.157. The lowest BCUT2D eigenvalue weighted by Gasteiger charge is -2.14. The van der Waals surface area contributed by atoms with Crippen molar-refractivity contribution in [1.29, 1.82) is 0 Å². The van der Waals surface area contributed by atoms with Gasteiger partial charge in [0, 0.05) is 17.4 Å². The maximum absolute atomic E-state index is 5.37. The molecule has 2 heteroatoms. The number of anilines is 1. The molecule has 1 unspecified atom stereocenters. The van der Waals surface area contributed by atoms with Gasteiger partial charge in [-0.15, -0.1) is 6.42 Å². The third-order valence-electron chi connectivity index (χ3n) is 2.54. The predicted molar refractivity (Wildman–Crippen MR) is 70.7 cm³/mol. The summed E-state index contributed by atoms with van der Waals surface area (Å²) in [5, 5.41) is 3.37. The lowest BCUT2D eigenvalue weighted by atomic mass is 10.1. The number of aromatic nitrogens is 1. The Balaban J connectivity index is 2.13. The van der Waals surface area contributed by atoms with Crippen molar-refractivity contribution in [3.63, 3.8) is 0 Å². The molecule has 2 aromatic rings. The monoisotopic (exact) mass is 222 g/mol. The average Bonchev–Trinajstić information content (AvgIpc) is 2.40. The summed E-state index contributed by atoms with van der Waals surface area (Å²) in [6.45, 7) is 2.07. The van der Waals surface area contributed by atoms with Gasteiger partial charge in [0.1, 0.15) is 0 Å². The molecular weight excluding hydrogens is 208 g/mol. The van der Waals surface area contributed by atoms with Gasteiger partial charge >= 0.3 is 0 Å². The van der Waals surface area contributed by atoms with Crippen molar-refractivity contribution in [3.05, 3.63) is 59.9 Å². The Labute approximate surface area is 102 Å². The van der Waals surface area contributed by atoms with Gasteiger partial charge in [-0.1, -0.05) is 18.1 Å². The van der Waals surface area contributed by atoms with E-state index < -0.39 is 0 Å². The van der Waals surface area contributed by atoms with E-state index >= 15 is 0 Å². The number of nitrogens with one attached hydrogen (secondary N) is 1. The van der Waals surface area contributed by atoms with Gasteiger partial charge in [0.2, 0.25) is 0 Å². The zero-order chi connectivity index (χ0) is 12.1. The summed E-state index contributed by atoms with van der Waals surface area (Å²) in [5.74, 6) is 2.62. The molecule has 1 aromatic heterocycles. The molecule has 0 bridgehead atoms. The Morgan fingerprint density at radius 3 is 2.82 bits per heavy atom. The number of rotatable bonds is 3. The van der Waals surface area contributed by atoms with Crippen molar-refractivity contribution in [2.24, 2.45) is 0 Å². The first kappa shape index (κ1) is 11.2. The Morgan fingerprint density at radius 2 is 2.12 bits per heavy atom. The number of hydrogen-bond acceptors (Lipinski definition) is 2. The summed E-state index contributed by atoms with van der Waals surface area (Å²) in [6.07, 6.45) is 7.17. The number of nitrogens with zero attached hydrogens (tertiary/aromatic N) is 1. The first-order valence-electron chi connectivity index (χ1n) is 5.54. The summed E-state index contributed by atoms with van der Waals surface area (Å²) in [4.78, 5) is 4.31. The van der Waals surface area contributed by atoms with Crippen LogP contribution in [-0.2, 0) is 0 Å². The maximum Gasteiger partial charge on any atom is 0.0657 e. The van der Waals surface area contributed by atoms with Crippen molar-refractivity contribution in [3.8, 4) is 12.3 Å². The molecule has 0 spiro atoms. The molecule has 0 aliphatic rings. The highest BCUT2D eigenvalue weighted by Gasteiger charge is 2.05. The van der Waals surface area contributed by atoms with Crippen LogP contribution in [0.3, 0.4) is 0 Å². The summed E-state index contributed by atoms with van der Waals surface area (Å²) < 4.78 is 0. The van der Waals surface area contributed by atoms with Crippen molar-refractivity contribution in [2.45, 2.75) is 13.0 Å². The Hall–Kier alpha value is -2.27. The van der Waals surface area contributed by atoms with E-state index in [-0.39, 0.29) is 6.04 Å². The molecule has 0 amide bonds. The fraction of sp³-hybridized carbons (Fsp3) is 0.133. The molecule has 0 aliphatic heterocycles.